The summed E-state index contributed by atoms with van der Waals surface area (Å²) in [5, 5.41) is 26.7. The van der Waals surface area contributed by atoms with E-state index >= 15 is 0 Å². The van der Waals surface area contributed by atoms with Crippen LogP contribution in [0.4, 0.5) is 5.69 Å². The number of oxime groups is 1. The molecule has 0 saturated carbocycles. The number of phenols is 1. The first-order chi connectivity index (χ1) is 15.6. The Morgan fingerprint density at radius 2 is 2.03 bits per heavy atom. The Morgan fingerprint density at radius 3 is 2.69 bits per heavy atom. The molecule has 32 heavy (non-hydrogen) atoms. The van der Waals surface area contributed by atoms with E-state index in [9.17, 15) is 15.2 Å². The first-order valence-corrected chi connectivity index (χ1v) is 10.3. The minimum atomic E-state index is -0.900. The van der Waals surface area contributed by atoms with Crippen molar-refractivity contribution in [3.8, 4) is 11.8 Å². The minimum Gasteiger partial charge on any atom is -0.508 e. The monoisotopic (exact) mass is 426 g/mol. The van der Waals surface area contributed by atoms with Gasteiger partial charge in [-0.1, -0.05) is 36.3 Å². The quantitative estimate of drug-likeness (QED) is 0.616. The van der Waals surface area contributed by atoms with E-state index in [2.05, 4.69) is 21.5 Å². The zero-order valence-electron chi connectivity index (χ0n) is 17.5. The highest BCUT2D eigenvalue weighted by Crippen LogP contribution is 2.37. The molecule has 4 rings (SSSR count). The summed E-state index contributed by atoms with van der Waals surface area (Å²) < 4.78 is 0. The maximum absolute atomic E-state index is 12.6. The predicted octanol–water partition coefficient (Wildman–Crippen LogP) is 4.14. The van der Waals surface area contributed by atoms with Crippen LogP contribution in [-0.2, 0) is 15.0 Å². The van der Waals surface area contributed by atoms with Crippen LogP contribution in [0.25, 0.3) is 0 Å². The van der Waals surface area contributed by atoms with Gasteiger partial charge in [-0.25, -0.2) is 0 Å². The second kappa shape index (κ2) is 8.90. The van der Waals surface area contributed by atoms with E-state index < -0.39 is 11.5 Å². The standard InChI is InChI=1S/C25H22N4O3/c1-2-25(16-26,19-6-3-7-21(30)13-19)18-8-10-20(11-9-18)28-24(31)23-14-22(29-32-23)17-5-4-12-27-15-17/h3-13,15,23,30H,2,14H2,1H3,(H,28,31). The molecule has 0 aliphatic carbocycles. The zero-order valence-corrected chi connectivity index (χ0v) is 17.5. The molecule has 0 bridgehead atoms. The van der Waals surface area contributed by atoms with Crippen LogP contribution >= 0.6 is 0 Å². The van der Waals surface area contributed by atoms with Crippen molar-refractivity contribution in [3.63, 3.8) is 0 Å². The van der Waals surface area contributed by atoms with Crippen LogP contribution in [0, 0.1) is 11.3 Å². The number of carbonyl (C=O) groups is 1. The molecule has 160 valence electrons. The van der Waals surface area contributed by atoms with Gasteiger partial charge in [-0.3, -0.25) is 9.78 Å². The maximum atomic E-state index is 12.6. The first kappa shape index (κ1) is 21.1. The summed E-state index contributed by atoms with van der Waals surface area (Å²) in [5.41, 5.74) is 2.70. The third-order valence-electron chi connectivity index (χ3n) is 5.66. The smallest absolute Gasteiger partial charge is 0.268 e. The molecule has 1 aromatic heterocycles. The molecule has 3 aromatic rings. The molecule has 2 N–H and O–H groups in total. The summed E-state index contributed by atoms with van der Waals surface area (Å²) in [6, 6.07) is 20.0. The summed E-state index contributed by atoms with van der Waals surface area (Å²) in [6.45, 7) is 1.93. The number of hydrogen-bond donors (Lipinski definition) is 2. The number of aromatic nitrogens is 1. The minimum absolute atomic E-state index is 0.115. The molecule has 2 atom stereocenters. The van der Waals surface area contributed by atoms with E-state index in [-0.39, 0.29) is 11.7 Å². The number of anilines is 1. The van der Waals surface area contributed by atoms with Gasteiger partial charge < -0.3 is 15.3 Å². The Labute approximate surface area is 186 Å². The van der Waals surface area contributed by atoms with E-state index in [1.54, 1.807) is 48.8 Å². The number of nitriles is 1. The molecule has 2 aromatic carbocycles. The number of phenolic OH excluding ortho intramolecular Hbond substituents is 1. The fraction of sp³-hybridized carbons (Fsp3) is 0.200. The van der Waals surface area contributed by atoms with Gasteiger partial charge in [-0.15, -0.1) is 0 Å². The van der Waals surface area contributed by atoms with Crippen molar-refractivity contribution in [1.29, 1.82) is 5.26 Å². The summed E-state index contributed by atoms with van der Waals surface area (Å²) in [7, 11) is 0. The van der Waals surface area contributed by atoms with Gasteiger partial charge in [0.25, 0.3) is 5.91 Å². The number of benzene rings is 2. The van der Waals surface area contributed by atoms with E-state index in [0.29, 0.717) is 24.2 Å². The van der Waals surface area contributed by atoms with Crippen molar-refractivity contribution in [2.75, 3.05) is 5.32 Å². The van der Waals surface area contributed by atoms with Crippen molar-refractivity contribution in [2.24, 2.45) is 5.16 Å². The lowest BCUT2D eigenvalue weighted by Gasteiger charge is -2.26. The van der Waals surface area contributed by atoms with Gasteiger partial charge in [0, 0.05) is 30.1 Å². The molecule has 1 aliphatic rings. The summed E-state index contributed by atoms with van der Waals surface area (Å²) in [6.07, 6.45) is 3.53. The van der Waals surface area contributed by atoms with Crippen molar-refractivity contribution < 1.29 is 14.7 Å². The molecule has 7 heteroatoms. The number of pyridine rings is 1. The molecular weight excluding hydrogens is 404 g/mol. The van der Waals surface area contributed by atoms with Gasteiger partial charge in [-0.05, 0) is 53.9 Å². The predicted molar refractivity (Wildman–Crippen MR) is 120 cm³/mol. The lowest BCUT2D eigenvalue weighted by atomic mass is 9.73. The fourth-order valence-electron chi connectivity index (χ4n) is 3.84. The van der Waals surface area contributed by atoms with E-state index in [1.165, 1.54) is 0 Å². The Morgan fingerprint density at radius 1 is 1.22 bits per heavy atom. The van der Waals surface area contributed by atoms with Crippen LogP contribution in [0.5, 0.6) is 5.75 Å². The molecule has 2 unspecified atom stereocenters. The number of rotatable bonds is 6. The maximum Gasteiger partial charge on any atom is 0.268 e. The van der Waals surface area contributed by atoms with Crippen LogP contribution in [0.2, 0.25) is 0 Å². The van der Waals surface area contributed by atoms with Gasteiger partial charge in [-0.2, -0.15) is 5.26 Å². The van der Waals surface area contributed by atoms with E-state index in [0.717, 1.165) is 16.7 Å². The second-order valence-corrected chi connectivity index (χ2v) is 7.57. The molecule has 0 saturated heterocycles. The molecule has 7 nitrogen and oxygen atoms in total. The lowest BCUT2D eigenvalue weighted by Crippen LogP contribution is -2.28. The van der Waals surface area contributed by atoms with Gasteiger partial charge in [0.05, 0.1) is 11.8 Å². The largest absolute Gasteiger partial charge is 0.508 e. The number of carbonyl (C=O) groups excluding carboxylic acids is 1. The molecule has 1 aliphatic heterocycles. The van der Waals surface area contributed by atoms with E-state index in [1.807, 2.05) is 31.2 Å². The van der Waals surface area contributed by atoms with Crippen LogP contribution < -0.4 is 5.32 Å². The fourth-order valence-corrected chi connectivity index (χ4v) is 3.84. The third-order valence-corrected chi connectivity index (χ3v) is 5.66. The van der Waals surface area contributed by atoms with Gasteiger partial charge >= 0.3 is 0 Å². The third kappa shape index (κ3) is 4.03. The van der Waals surface area contributed by atoms with Gasteiger partial charge in [0.1, 0.15) is 11.2 Å². The Bertz CT molecular complexity index is 1190. The number of nitrogens with zero attached hydrogens (tertiary/aromatic N) is 3. The second-order valence-electron chi connectivity index (χ2n) is 7.57. The van der Waals surface area contributed by atoms with Crippen LogP contribution in [0.15, 0.2) is 78.2 Å². The highest BCUT2D eigenvalue weighted by atomic mass is 16.6. The van der Waals surface area contributed by atoms with E-state index in [4.69, 9.17) is 4.84 Å². The summed E-state index contributed by atoms with van der Waals surface area (Å²) >= 11 is 0. The average Bonchev–Trinajstić information content (AvgIpc) is 3.33. The number of amides is 1. The highest BCUT2D eigenvalue weighted by molar-refractivity contribution is 6.05. The number of aromatic hydroxyl groups is 1. The zero-order chi connectivity index (χ0) is 22.6. The van der Waals surface area contributed by atoms with Crippen molar-refractivity contribution >= 4 is 17.3 Å². The molecule has 0 fully saturated rings. The number of hydrogen-bond acceptors (Lipinski definition) is 6. The van der Waals surface area contributed by atoms with Crippen LogP contribution in [0.1, 0.15) is 36.5 Å². The normalized spacial score (nSPS) is 16.9. The number of nitrogens with one attached hydrogen (secondary N) is 1. The van der Waals surface area contributed by atoms with Crippen molar-refractivity contribution in [1.82, 2.24) is 4.98 Å². The van der Waals surface area contributed by atoms with Gasteiger partial charge in [0.2, 0.25) is 6.10 Å². The Hall–Kier alpha value is -4.18. The van der Waals surface area contributed by atoms with Crippen molar-refractivity contribution in [3.05, 3.63) is 89.7 Å². The molecule has 1 amide bonds. The highest BCUT2D eigenvalue weighted by Gasteiger charge is 2.33. The Balaban J connectivity index is 1.47. The SMILES string of the molecule is CCC(C#N)(c1ccc(NC(=O)C2CC(c3cccnc3)=NO2)cc1)c1cccc(O)c1. The average molecular weight is 426 g/mol. The topological polar surface area (TPSA) is 108 Å². The van der Waals surface area contributed by atoms with Crippen LogP contribution in [0.3, 0.4) is 0 Å². The van der Waals surface area contributed by atoms with Gasteiger partial charge in [0.15, 0.2) is 0 Å². The molecule has 0 spiro atoms. The first-order valence-electron chi connectivity index (χ1n) is 10.3. The molecule has 0 radical (unpaired) electrons. The molecule has 2 heterocycles. The van der Waals surface area contributed by atoms with Crippen LogP contribution in [-0.4, -0.2) is 27.8 Å². The van der Waals surface area contributed by atoms with Crippen molar-refractivity contribution in [2.45, 2.75) is 31.3 Å². The Kier molecular flexibility index (Phi) is 5.86. The summed E-state index contributed by atoms with van der Waals surface area (Å²) in [4.78, 5) is 22.0. The lowest BCUT2D eigenvalue weighted by molar-refractivity contribution is -0.125. The molecular formula is C25H22N4O3. The summed E-state index contributed by atoms with van der Waals surface area (Å²) in [5.74, 6) is -0.181.